The Morgan fingerprint density at radius 2 is 2.14 bits per heavy atom. The summed E-state index contributed by atoms with van der Waals surface area (Å²) < 4.78 is 7.29. The van der Waals surface area contributed by atoms with E-state index in [1.165, 1.54) is 17.6 Å². The van der Waals surface area contributed by atoms with Crippen molar-refractivity contribution in [2.45, 2.75) is 32.2 Å². The molecule has 0 bridgehead atoms. The Kier molecular flexibility index (Phi) is 5.00. The van der Waals surface area contributed by atoms with Crippen LogP contribution in [0.1, 0.15) is 29.8 Å². The van der Waals surface area contributed by atoms with Gasteiger partial charge in [0.25, 0.3) is 0 Å². The van der Waals surface area contributed by atoms with E-state index in [1.54, 1.807) is 15.3 Å². The highest BCUT2D eigenvalue weighted by Crippen LogP contribution is 2.35. The molecule has 7 heteroatoms. The first-order chi connectivity index (χ1) is 13.7. The minimum Gasteiger partial charge on any atom is -0.379 e. The maximum Gasteiger partial charge on any atom is 0.150 e. The average Bonchev–Trinajstić information content (AvgIpc) is 3.32. The molecule has 3 aromatic heterocycles. The zero-order valence-corrected chi connectivity index (χ0v) is 17.7. The predicted octanol–water partition coefficient (Wildman–Crippen LogP) is 4.43. The fourth-order valence-corrected chi connectivity index (χ4v) is 5.20. The molecule has 3 aromatic rings. The normalized spacial score (nSPS) is 21.2. The van der Waals surface area contributed by atoms with E-state index in [2.05, 4.69) is 40.2 Å². The zero-order chi connectivity index (χ0) is 19.1. The standard InChI is InChI=1S/C21H24N4OS2/c1-14-23-20(13-28-14)19-12-25(27)21-18(19)10-16(11-22-21)15-2-4-17(5-3-15)24-6-8-26-9-7-24/h2,10-13,17,27H,3-9H2,1H3. The first kappa shape index (κ1) is 18.4. The molecule has 146 valence electrons. The van der Waals surface area contributed by atoms with Crippen molar-refractivity contribution in [1.82, 2.24) is 18.8 Å². The summed E-state index contributed by atoms with van der Waals surface area (Å²) in [6.45, 7) is 5.90. The lowest BCUT2D eigenvalue weighted by molar-refractivity contribution is 0.0150. The number of fused-ring (bicyclic) bond motifs is 1. The molecule has 1 unspecified atom stereocenters. The Morgan fingerprint density at radius 3 is 2.86 bits per heavy atom. The molecule has 5 rings (SSSR count). The third-order valence-electron chi connectivity index (χ3n) is 5.84. The van der Waals surface area contributed by atoms with E-state index in [1.807, 2.05) is 19.3 Å². The van der Waals surface area contributed by atoms with Crippen LogP contribution in [-0.4, -0.2) is 51.2 Å². The number of allylic oxidation sites excluding steroid dienone is 1. The third kappa shape index (κ3) is 3.41. The van der Waals surface area contributed by atoms with E-state index in [-0.39, 0.29) is 0 Å². The smallest absolute Gasteiger partial charge is 0.150 e. The molecule has 1 atom stereocenters. The third-order valence-corrected chi connectivity index (χ3v) is 6.91. The van der Waals surface area contributed by atoms with Gasteiger partial charge in [0.15, 0.2) is 0 Å². The van der Waals surface area contributed by atoms with E-state index in [0.717, 1.165) is 66.4 Å². The number of hydrogen-bond acceptors (Lipinski definition) is 6. The van der Waals surface area contributed by atoms with Crippen LogP contribution in [0.4, 0.5) is 0 Å². The van der Waals surface area contributed by atoms with E-state index in [0.29, 0.717) is 6.04 Å². The van der Waals surface area contributed by atoms with E-state index in [9.17, 15) is 0 Å². The van der Waals surface area contributed by atoms with Gasteiger partial charge in [-0.3, -0.25) is 8.87 Å². The number of pyridine rings is 1. The van der Waals surface area contributed by atoms with Crippen LogP contribution in [0.2, 0.25) is 0 Å². The molecule has 1 aliphatic heterocycles. The van der Waals surface area contributed by atoms with Gasteiger partial charge in [-0.1, -0.05) is 18.9 Å². The molecule has 1 fully saturated rings. The summed E-state index contributed by atoms with van der Waals surface area (Å²) in [6.07, 6.45) is 9.84. The van der Waals surface area contributed by atoms with Gasteiger partial charge in [-0.05, 0) is 43.4 Å². The molecule has 1 aliphatic carbocycles. The average molecular weight is 413 g/mol. The first-order valence-electron chi connectivity index (χ1n) is 9.83. The fraction of sp³-hybridized carbons (Fsp3) is 0.429. The highest BCUT2D eigenvalue weighted by Gasteiger charge is 2.24. The van der Waals surface area contributed by atoms with Gasteiger partial charge in [-0.15, -0.1) is 11.3 Å². The van der Waals surface area contributed by atoms with Crippen LogP contribution < -0.4 is 0 Å². The monoisotopic (exact) mass is 412 g/mol. The lowest BCUT2D eigenvalue weighted by Gasteiger charge is -2.36. The summed E-state index contributed by atoms with van der Waals surface area (Å²) in [4.78, 5) is 12.0. The molecular formula is C21H24N4OS2. The van der Waals surface area contributed by atoms with Gasteiger partial charge in [-0.2, -0.15) is 0 Å². The summed E-state index contributed by atoms with van der Waals surface area (Å²) in [5.74, 6) is 0. The number of ether oxygens (including phenoxy) is 1. The van der Waals surface area contributed by atoms with Crippen molar-refractivity contribution in [3.63, 3.8) is 0 Å². The van der Waals surface area contributed by atoms with Gasteiger partial charge < -0.3 is 4.74 Å². The van der Waals surface area contributed by atoms with Gasteiger partial charge in [-0.25, -0.2) is 9.97 Å². The molecule has 0 radical (unpaired) electrons. The van der Waals surface area contributed by atoms with Crippen molar-refractivity contribution in [1.29, 1.82) is 0 Å². The van der Waals surface area contributed by atoms with Gasteiger partial charge in [0.05, 0.1) is 23.9 Å². The highest BCUT2D eigenvalue weighted by molar-refractivity contribution is 7.78. The number of aromatic nitrogens is 3. The number of thiol groups is 1. The van der Waals surface area contributed by atoms with Crippen LogP contribution in [0.25, 0.3) is 27.9 Å². The van der Waals surface area contributed by atoms with Gasteiger partial charge in [0.2, 0.25) is 0 Å². The molecule has 5 nitrogen and oxygen atoms in total. The van der Waals surface area contributed by atoms with Crippen LogP contribution >= 0.6 is 24.2 Å². The van der Waals surface area contributed by atoms with E-state index < -0.39 is 0 Å². The molecule has 0 saturated carbocycles. The SMILES string of the molecule is Cc1nc(-c2cn(S)c3ncc(C4=CCC(N5CCOCC5)CC4)cc23)cs1. The summed E-state index contributed by atoms with van der Waals surface area (Å²) in [7, 11) is 0. The molecule has 1 saturated heterocycles. The molecule has 28 heavy (non-hydrogen) atoms. The quantitative estimate of drug-likeness (QED) is 0.647. The number of morpholine rings is 1. The lowest BCUT2D eigenvalue weighted by Crippen LogP contribution is -2.43. The summed E-state index contributed by atoms with van der Waals surface area (Å²) in [6, 6.07) is 2.91. The van der Waals surface area contributed by atoms with Crippen molar-refractivity contribution in [2.75, 3.05) is 26.3 Å². The van der Waals surface area contributed by atoms with Crippen molar-refractivity contribution in [2.24, 2.45) is 0 Å². The topological polar surface area (TPSA) is 43.2 Å². The number of rotatable bonds is 3. The summed E-state index contributed by atoms with van der Waals surface area (Å²) in [5, 5.41) is 4.30. The second kappa shape index (κ2) is 7.63. The van der Waals surface area contributed by atoms with Crippen LogP contribution in [0.15, 0.2) is 29.9 Å². The Balaban J connectivity index is 1.44. The summed E-state index contributed by atoms with van der Waals surface area (Å²) in [5.41, 5.74) is 5.62. The Morgan fingerprint density at radius 1 is 1.29 bits per heavy atom. The molecule has 0 aromatic carbocycles. The van der Waals surface area contributed by atoms with E-state index >= 15 is 0 Å². The highest BCUT2D eigenvalue weighted by atomic mass is 32.1. The molecule has 0 amide bonds. The minimum atomic E-state index is 0.649. The number of aryl methyl sites for hydroxylation is 1. The Hall–Kier alpha value is -1.67. The largest absolute Gasteiger partial charge is 0.379 e. The van der Waals surface area contributed by atoms with E-state index in [4.69, 9.17) is 9.72 Å². The van der Waals surface area contributed by atoms with Crippen LogP contribution in [0.3, 0.4) is 0 Å². The number of thiazole rings is 1. The Labute approximate surface area is 174 Å². The zero-order valence-electron chi connectivity index (χ0n) is 16.0. The van der Waals surface area contributed by atoms with Gasteiger partial charge in [0.1, 0.15) is 5.65 Å². The van der Waals surface area contributed by atoms with Gasteiger partial charge in [0, 0.05) is 47.9 Å². The fourth-order valence-electron chi connectivity index (χ4n) is 4.31. The van der Waals surface area contributed by atoms with Crippen molar-refractivity contribution in [3.8, 4) is 11.3 Å². The molecule has 2 aliphatic rings. The van der Waals surface area contributed by atoms with Crippen molar-refractivity contribution >= 4 is 40.8 Å². The van der Waals surface area contributed by atoms with Crippen molar-refractivity contribution < 1.29 is 4.74 Å². The molecule has 4 heterocycles. The number of hydrogen-bond donors (Lipinski definition) is 1. The molecular weight excluding hydrogens is 388 g/mol. The second-order valence-electron chi connectivity index (χ2n) is 7.54. The second-order valence-corrected chi connectivity index (χ2v) is 9.03. The maximum absolute atomic E-state index is 5.50. The van der Waals surface area contributed by atoms with Crippen LogP contribution in [-0.2, 0) is 4.74 Å². The van der Waals surface area contributed by atoms with Crippen molar-refractivity contribution in [3.05, 3.63) is 40.5 Å². The van der Waals surface area contributed by atoms with Crippen LogP contribution in [0, 0.1) is 6.92 Å². The number of nitrogens with zero attached hydrogens (tertiary/aromatic N) is 4. The summed E-state index contributed by atoms with van der Waals surface area (Å²) >= 11 is 6.23. The first-order valence-corrected chi connectivity index (χ1v) is 11.1. The molecule has 0 N–H and O–H groups in total. The lowest BCUT2D eigenvalue weighted by atomic mass is 9.90. The maximum atomic E-state index is 5.50. The molecule has 0 spiro atoms. The van der Waals surface area contributed by atoms with Crippen LogP contribution in [0.5, 0.6) is 0 Å². The Bertz CT molecular complexity index is 1030. The predicted molar refractivity (Wildman–Crippen MR) is 118 cm³/mol. The minimum absolute atomic E-state index is 0.649. The van der Waals surface area contributed by atoms with Gasteiger partial charge >= 0.3 is 0 Å².